The first kappa shape index (κ1) is 20.1. The molecule has 1 fully saturated rings. The molecule has 1 aliphatic rings. The zero-order chi connectivity index (χ0) is 20.5. The average molecular weight is 411 g/mol. The number of sulfonamides is 1. The van der Waals surface area contributed by atoms with Gasteiger partial charge in [0, 0.05) is 12.4 Å². The Kier molecular flexibility index (Phi) is 5.60. The maximum atomic E-state index is 12.3. The zero-order valence-corrected chi connectivity index (χ0v) is 15.3. The molecule has 0 atom stereocenters. The van der Waals surface area contributed by atoms with E-state index in [-0.39, 0.29) is 42.3 Å². The van der Waals surface area contributed by atoms with Crippen molar-refractivity contribution >= 4 is 23.1 Å². The lowest BCUT2D eigenvalue weighted by atomic mass is 9.82. The molecule has 2 heterocycles. The van der Waals surface area contributed by atoms with Crippen molar-refractivity contribution in [1.82, 2.24) is 14.3 Å². The summed E-state index contributed by atoms with van der Waals surface area (Å²) >= 11 is 0. The SMILES string of the molecule is O=C(O)c1c(OC2CN(S(=O)(=O)c3ncc[nH]3)C2)ccc(CCB(O)O)c1O. The second kappa shape index (κ2) is 7.79. The number of aromatic hydroxyl groups is 1. The number of rotatable bonds is 8. The molecule has 0 aliphatic carbocycles. The van der Waals surface area contributed by atoms with Gasteiger partial charge in [-0.3, -0.25) is 0 Å². The topological polar surface area (TPSA) is 173 Å². The fraction of sp³-hybridized carbons (Fsp3) is 0.333. The first-order valence-electron chi connectivity index (χ1n) is 8.30. The lowest BCUT2D eigenvalue weighted by Gasteiger charge is -2.37. The third kappa shape index (κ3) is 3.97. The summed E-state index contributed by atoms with van der Waals surface area (Å²) in [5.74, 6) is -2.04. The summed E-state index contributed by atoms with van der Waals surface area (Å²) < 4.78 is 31.3. The summed E-state index contributed by atoms with van der Waals surface area (Å²) in [5, 5.41) is 37.3. The molecule has 28 heavy (non-hydrogen) atoms. The Morgan fingerprint density at radius 1 is 1.36 bits per heavy atom. The Labute approximate surface area is 160 Å². The van der Waals surface area contributed by atoms with Crippen LogP contribution in [0.15, 0.2) is 29.7 Å². The fourth-order valence-corrected chi connectivity index (χ4v) is 4.15. The van der Waals surface area contributed by atoms with E-state index in [0.29, 0.717) is 0 Å². The molecule has 1 saturated heterocycles. The molecule has 0 radical (unpaired) electrons. The normalized spacial score (nSPS) is 15.2. The third-order valence-electron chi connectivity index (χ3n) is 4.27. The van der Waals surface area contributed by atoms with Crippen LogP contribution in [0.4, 0.5) is 0 Å². The van der Waals surface area contributed by atoms with E-state index in [1.807, 2.05) is 0 Å². The number of carboxylic acids is 1. The van der Waals surface area contributed by atoms with Gasteiger partial charge in [-0.15, -0.1) is 0 Å². The number of H-pyrrole nitrogens is 1. The van der Waals surface area contributed by atoms with E-state index >= 15 is 0 Å². The van der Waals surface area contributed by atoms with Gasteiger partial charge in [-0.25, -0.2) is 18.2 Å². The van der Waals surface area contributed by atoms with Crippen molar-refractivity contribution in [2.24, 2.45) is 0 Å². The number of nitrogens with zero attached hydrogens (tertiary/aromatic N) is 2. The number of aromatic carboxylic acids is 1. The minimum atomic E-state index is -3.77. The molecule has 0 spiro atoms. The average Bonchev–Trinajstić information content (AvgIpc) is 3.11. The fourth-order valence-electron chi connectivity index (χ4n) is 2.77. The van der Waals surface area contributed by atoms with Crippen LogP contribution in [-0.2, 0) is 16.4 Å². The molecular weight excluding hydrogens is 393 g/mol. The molecule has 0 amide bonds. The number of phenols is 1. The monoisotopic (exact) mass is 411 g/mol. The van der Waals surface area contributed by atoms with Crippen LogP contribution in [0, 0.1) is 0 Å². The first-order chi connectivity index (χ1) is 13.2. The van der Waals surface area contributed by atoms with E-state index < -0.39 is 40.5 Å². The van der Waals surface area contributed by atoms with Crippen LogP contribution < -0.4 is 4.74 Å². The highest BCUT2D eigenvalue weighted by Gasteiger charge is 2.40. The van der Waals surface area contributed by atoms with Crippen molar-refractivity contribution in [2.75, 3.05) is 13.1 Å². The second-order valence-electron chi connectivity index (χ2n) is 6.23. The maximum Gasteiger partial charge on any atom is 0.451 e. The van der Waals surface area contributed by atoms with Gasteiger partial charge in [0.15, 0.2) is 0 Å². The standard InChI is InChI=1S/C15H18BN3O8S/c20-13-9(3-4-16(23)24)1-2-11(12(13)14(21)22)27-10-7-19(8-10)28(25,26)15-17-5-6-18-15/h1-2,5-6,10,20,23-24H,3-4,7-8H2,(H,17,18)(H,21,22). The lowest BCUT2D eigenvalue weighted by molar-refractivity contribution is 0.0630. The largest absolute Gasteiger partial charge is 0.507 e. The molecule has 0 unspecified atom stereocenters. The number of benzene rings is 1. The minimum Gasteiger partial charge on any atom is -0.507 e. The van der Waals surface area contributed by atoms with E-state index in [2.05, 4.69) is 9.97 Å². The summed E-state index contributed by atoms with van der Waals surface area (Å²) in [6.07, 6.45) is 2.10. The Morgan fingerprint density at radius 3 is 2.64 bits per heavy atom. The van der Waals surface area contributed by atoms with Crippen LogP contribution >= 0.6 is 0 Å². The van der Waals surface area contributed by atoms with Crippen LogP contribution in [0.1, 0.15) is 15.9 Å². The van der Waals surface area contributed by atoms with Gasteiger partial charge in [0.05, 0.1) is 13.1 Å². The van der Waals surface area contributed by atoms with Gasteiger partial charge in [-0.2, -0.15) is 4.31 Å². The predicted octanol–water partition coefficient (Wildman–Crippen LogP) is -0.719. The number of carboxylic acid groups (broad SMARTS) is 1. The van der Waals surface area contributed by atoms with Gasteiger partial charge < -0.3 is 30.0 Å². The summed E-state index contributed by atoms with van der Waals surface area (Å²) in [7, 11) is -5.35. The molecule has 3 rings (SSSR count). The molecule has 0 bridgehead atoms. The molecular formula is C15H18BN3O8S. The molecule has 150 valence electrons. The zero-order valence-electron chi connectivity index (χ0n) is 14.5. The second-order valence-corrected chi connectivity index (χ2v) is 8.08. The van der Waals surface area contributed by atoms with Crippen molar-refractivity contribution in [3.63, 3.8) is 0 Å². The van der Waals surface area contributed by atoms with Crippen LogP contribution in [0.3, 0.4) is 0 Å². The Morgan fingerprint density at radius 2 is 2.07 bits per heavy atom. The van der Waals surface area contributed by atoms with E-state index in [4.69, 9.17) is 14.8 Å². The molecule has 13 heteroatoms. The number of hydrogen-bond donors (Lipinski definition) is 5. The number of imidazole rings is 1. The Hall–Kier alpha value is -2.61. The first-order valence-corrected chi connectivity index (χ1v) is 9.74. The highest BCUT2D eigenvalue weighted by Crippen LogP contribution is 2.34. The number of hydrogen-bond acceptors (Lipinski definition) is 8. The van der Waals surface area contributed by atoms with Crippen molar-refractivity contribution in [3.05, 3.63) is 35.7 Å². The summed E-state index contributed by atoms with van der Waals surface area (Å²) in [4.78, 5) is 17.8. The van der Waals surface area contributed by atoms with Gasteiger partial charge in [0.2, 0.25) is 5.16 Å². The number of ether oxygens (including phenoxy) is 1. The van der Waals surface area contributed by atoms with Gasteiger partial charge in [0.25, 0.3) is 10.0 Å². The number of aromatic amines is 1. The molecule has 1 aromatic carbocycles. The van der Waals surface area contributed by atoms with E-state index in [0.717, 1.165) is 4.31 Å². The molecule has 5 N–H and O–H groups in total. The predicted molar refractivity (Wildman–Crippen MR) is 95.5 cm³/mol. The number of aryl methyl sites for hydroxylation is 1. The molecule has 2 aromatic rings. The minimum absolute atomic E-state index is 0.00130. The number of nitrogens with one attached hydrogen (secondary N) is 1. The molecule has 1 aliphatic heterocycles. The molecule has 11 nitrogen and oxygen atoms in total. The van der Waals surface area contributed by atoms with Crippen molar-refractivity contribution < 1.29 is 38.2 Å². The van der Waals surface area contributed by atoms with Crippen molar-refractivity contribution in [3.8, 4) is 11.5 Å². The van der Waals surface area contributed by atoms with Gasteiger partial charge in [-0.05, 0) is 24.4 Å². The highest BCUT2D eigenvalue weighted by molar-refractivity contribution is 7.89. The summed E-state index contributed by atoms with van der Waals surface area (Å²) in [6, 6.07) is 2.78. The van der Waals surface area contributed by atoms with E-state index in [9.17, 15) is 23.4 Å². The van der Waals surface area contributed by atoms with Crippen LogP contribution in [0.2, 0.25) is 6.32 Å². The van der Waals surface area contributed by atoms with Crippen LogP contribution in [0.5, 0.6) is 11.5 Å². The number of aromatic nitrogens is 2. The summed E-state index contributed by atoms with van der Waals surface area (Å²) in [5.41, 5.74) is -0.231. The molecule has 1 aromatic heterocycles. The molecule has 0 saturated carbocycles. The van der Waals surface area contributed by atoms with Crippen LogP contribution in [0.25, 0.3) is 0 Å². The maximum absolute atomic E-state index is 12.3. The van der Waals surface area contributed by atoms with Crippen molar-refractivity contribution in [2.45, 2.75) is 24.0 Å². The van der Waals surface area contributed by atoms with E-state index in [1.165, 1.54) is 24.5 Å². The Bertz CT molecular complexity index is 958. The van der Waals surface area contributed by atoms with E-state index in [1.54, 1.807) is 0 Å². The van der Waals surface area contributed by atoms with Gasteiger partial charge >= 0.3 is 13.1 Å². The Balaban J connectivity index is 1.71. The van der Waals surface area contributed by atoms with Crippen molar-refractivity contribution in [1.29, 1.82) is 0 Å². The summed E-state index contributed by atoms with van der Waals surface area (Å²) in [6.45, 7) is 0.00260. The highest BCUT2D eigenvalue weighted by atomic mass is 32.2. The third-order valence-corrected chi connectivity index (χ3v) is 5.96. The van der Waals surface area contributed by atoms with Gasteiger partial charge in [0.1, 0.15) is 23.2 Å². The quantitative estimate of drug-likeness (QED) is 0.351. The smallest absolute Gasteiger partial charge is 0.451 e. The van der Waals surface area contributed by atoms with Crippen LogP contribution in [-0.4, -0.2) is 75.2 Å². The lowest BCUT2D eigenvalue weighted by Crippen LogP contribution is -2.56. The van der Waals surface area contributed by atoms with Gasteiger partial charge in [-0.1, -0.05) is 6.07 Å². The number of carbonyl (C=O) groups is 1.